The number of aromatic nitrogens is 1. The first-order valence-electron chi connectivity index (χ1n) is 6.08. The molecule has 0 aliphatic carbocycles. The first kappa shape index (κ1) is 14.1. The molecule has 0 aliphatic heterocycles. The van der Waals surface area contributed by atoms with E-state index in [-0.39, 0.29) is 0 Å². The maximum Gasteiger partial charge on any atom is 0.192 e. The summed E-state index contributed by atoms with van der Waals surface area (Å²) in [6.45, 7) is 7.81. The third-order valence-electron chi connectivity index (χ3n) is 2.26. The Bertz CT molecular complexity index is 428. The number of rotatable bonds is 5. The summed E-state index contributed by atoms with van der Waals surface area (Å²) in [5.41, 5.74) is 0.946. The largest absolute Gasteiger partial charge is 0.359 e. The highest BCUT2D eigenvalue weighted by atomic mass is 16.5. The molecule has 1 aromatic rings. The average molecular weight is 248 g/mol. The molecule has 18 heavy (non-hydrogen) atoms. The molecule has 0 bridgehead atoms. The molecular formula is C13H20N4O. The van der Waals surface area contributed by atoms with Crippen molar-refractivity contribution >= 4 is 5.96 Å². The van der Waals surface area contributed by atoms with E-state index in [1.165, 1.54) is 0 Å². The lowest BCUT2D eigenvalue weighted by atomic mass is 10.1. The van der Waals surface area contributed by atoms with Gasteiger partial charge in [0, 0.05) is 12.6 Å². The van der Waals surface area contributed by atoms with E-state index in [1.807, 2.05) is 13.0 Å². The third kappa shape index (κ3) is 4.50. The second-order valence-electron chi connectivity index (χ2n) is 4.13. The number of guanidine groups is 1. The Balaban J connectivity index is 2.60. The molecule has 1 heterocycles. The normalized spacial score (nSPS) is 11.4. The molecule has 0 atom stereocenters. The van der Waals surface area contributed by atoms with Gasteiger partial charge in [-0.3, -0.25) is 0 Å². The summed E-state index contributed by atoms with van der Waals surface area (Å²) in [6.07, 6.45) is 5.19. The Morgan fingerprint density at radius 1 is 1.56 bits per heavy atom. The highest BCUT2D eigenvalue weighted by Crippen LogP contribution is 2.14. The van der Waals surface area contributed by atoms with E-state index < -0.39 is 0 Å². The molecule has 1 rings (SSSR count). The maximum absolute atomic E-state index is 5.21. The summed E-state index contributed by atoms with van der Waals surface area (Å²) >= 11 is 0. The zero-order valence-electron chi connectivity index (χ0n) is 11.2. The van der Waals surface area contributed by atoms with E-state index in [2.05, 4.69) is 40.6 Å². The molecule has 0 amide bonds. The second kappa shape index (κ2) is 7.38. The summed E-state index contributed by atoms with van der Waals surface area (Å²) in [5, 5.41) is 10.1. The molecule has 0 aromatic carbocycles. The van der Waals surface area contributed by atoms with Crippen LogP contribution in [0.25, 0.3) is 0 Å². The number of terminal acetylenes is 1. The van der Waals surface area contributed by atoms with Gasteiger partial charge < -0.3 is 15.2 Å². The van der Waals surface area contributed by atoms with Gasteiger partial charge in [0.25, 0.3) is 0 Å². The Labute approximate surface area is 108 Å². The zero-order valence-corrected chi connectivity index (χ0v) is 11.2. The van der Waals surface area contributed by atoms with Crippen molar-refractivity contribution in [3.63, 3.8) is 0 Å². The number of hydrogen-bond donors (Lipinski definition) is 2. The standard InChI is InChI=1S/C13H20N4O/c1-5-7-15-13(14-6-2)16-9-11-8-12(10(3)4)17-18-11/h1,8,10H,6-7,9H2,2-4H3,(H2,14,15,16). The van der Waals surface area contributed by atoms with Crippen molar-refractivity contribution in [1.29, 1.82) is 0 Å². The van der Waals surface area contributed by atoms with Crippen LogP contribution >= 0.6 is 0 Å². The summed E-state index contributed by atoms with van der Waals surface area (Å²) in [4.78, 5) is 4.36. The molecular weight excluding hydrogens is 228 g/mol. The predicted octanol–water partition coefficient (Wildman–Crippen LogP) is 1.49. The first-order chi connectivity index (χ1) is 8.67. The van der Waals surface area contributed by atoms with Crippen LogP contribution in [0.1, 0.15) is 38.1 Å². The van der Waals surface area contributed by atoms with Gasteiger partial charge in [-0.15, -0.1) is 6.42 Å². The molecule has 0 aliphatic rings. The van der Waals surface area contributed by atoms with Crippen molar-refractivity contribution in [2.24, 2.45) is 4.99 Å². The van der Waals surface area contributed by atoms with Gasteiger partial charge in [0.1, 0.15) is 6.54 Å². The number of aliphatic imine (C=N–C) groups is 1. The Kier molecular flexibility index (Phi) is 5.78. The molecule has 2 N–H and O–H groups in total. The summed E-state index contributed by atoms with van der Waals surface area (Å²) < 4.78 is 5.21. The van der Waals surface area contributed by atoms with Gasteiger partial charge in [0.15, 0.2) is 11.7 Å². The molecule has 0 spiro atoms. The van der Waals surface area contributed by atoms with E-state index in [4.69, 9.17) is 10.9 Å². The molecule has 5 nitrogen and oxygen atoms in total. The van der Waals surface area contributed by atoms with Crippen molar-refractivity contribution in [3.8, 4) is 12.3 Å². The molecule has 98 valence electrons. The van der Waals surface area contributed by atoms with E-state index in [1.54, 1.807) is 0 Å². The van der Waals surface area contributed by atoms with Gasteiger partial charge in [-0.25, -0.2) is 4.99 Å². The van der Waals surface area contributed by atoms with Gasteiger partial charge >= 0.3 is 0 Å². The first-order valence-corrected chi connectivity index (χ1v) is 6.08. The third-order valence-corrected chi connectivity index (χ3v) is 2.26. The molecule has 0 radical (unpaired) electrons. The Hall–Kier alpha value is -1.96. The quantitative estimate of drug-likeness (QED) is 0.471. The molecule has 5 heteroatoms. The molecule has 0 unspecified atom stereocenters. The van der Waals surface area contributed by atoms with Crippen molar-refractivity contribution in [1.82, 2.24) is 15.8 Å². The highest BCUT2D eigenvalue weighted by molar-refractivity contribution is 5.79. The van der Waals surface area contributed by atoms with Crippen LogP contribution in [0.15, 0.2) is 15.6 Å². The van der Waals surface area contributed by atoms with Gasteiger partial charge in [0.2, 0.25) is 0 Å². The SMILES string of the molecule is C#CCNC(=NCc1cc(C(C)C)no1)NCC. The van der Waals surface area contributed by atoms with E-state index in [0.717, 1.165) is 18.0 Å². The van der Waals surface area contributed by atoms with Crippen molar-refractivity contribution < 1.29 is 4.52 Å². The Morgan fingerprint density at radius 3 is 2.89 bits per heavy atom. The van der Waals surface area contributed by atoms with Crippen LogP contribution < -0.4 is 10.6 Å². The maximum atomic E-state index is 5.21. The minimum atomic E-state index is 0.360. The Morgan fingerprint density at radius 2 is 2.33 bits per heavy atom. The topological polar surface area (TPSA) is 62.5 Å². The van der Waals surface area contributed by atoms with E-state index >= 15 is 0 Å². The minimum Gasteiger partial charge on any atom is -0.359 e. The average Bonchev–Trinajstić information content (AvgIpc) is 2.81. The molecule has 0 fully saturated rings. The van der Waals surface area contributed by atoms with Crippen molar-refractivity contribution in [2.75, 3.05) is 13.1 Å². The van der Waals surface area contributed by atoms with Crippen LogP contribution in [0, 0.1) is 12.3 Å². The predicted molar refractivity (Wildman–Crippen MR) is 72.2 cm³/mol. The summed E-state index contributed by atoms with van der Waals surface area (Å²) in [6, 6.07) is 1.93. The van der Waals surface area contributed by atoms with Gasteiger partial charge in [-0.1, -0.05) is 24.9 Å². The van der Waals surface area contributed by atoms with Crippen LogP contribution in [0.4, 0.5) is 0 Å². The van der Waals surface area contributed by atoms with Crippen LogP contribution in [0.3, 0.4) is 0 Å². The van der Waals surface area contributed by atoms with E-state index in [0.29, 0.717) is 25.0 Å². The summed E-state index contributed by atoms with van der Waals surface area (Å²) in [7, 11) is 0. The minimum absolute atomic E-state index is 0.360. The summed E-state index contributed by atoms with van der Waals surface area (Å²) in [5.74, 6) is 4.29. The molecule has 0 saturated heterocycles. The monoisotopic (exact) mass is 248 g/mol. The lowest BCUT2D eigenvalue weighted by molar-refractivity contribution is 0.376. The fraction of sp³-hybridized carbons (Fsp3) is 0.538. The van der Waals surface area contributed by atoms with Gasteiger partial charge in [-0.05, 0) is 12.8 Å². The zero-order chi connectivity index (χ0) is 13.4. The number of nitrogens with zero attached hydrogens (tertiary/aromatic N) is 2. The second-order valence-corrected chi connectivity index (χ2v) is 4.13. The van der Waals surface area contributed by atoms with Crippen molar-refractivity contribution in [3.05, 3.63) is 17.5 Å². The van der Waals surface area contributed by atoms with Crippen LogP contribution in [-0.4, -0.2) is 24.2 Å². The molecule has 1 aromatic heterocycles. The fourth-order valence-corrected chi connectivity index (χ4v) is 1.31. The van der Waals surface area contributed by atoms with Gasteiger partial charge in [-0.2, -0.15) is 0 Å². The van der Waals surface area contributed by atoms with Crippen LogP contribution in [0.5, 0.6) is 0 Å². The fourth-order valence-electron chi connectivity index (χ4n) is 1.31. The number of nitrogens with one attached hydrogen (secondary N) is 2. The van der Waals surface area contributed by atoms with Crippen LogP contribution in [-0.2, 0) is 6.54 Å². The van der Waals surface area contributed by atoms with Gasteiger partial charge in [0.05, 0.1) is 12.2 Å². The lowest BCUT2D eigenvalue weighted by Gasteiger charge is -2.07. The van der Waals surface area contributed by atoms with Crippen LogP contribution in [0.2, 0.25) is 0 Å². The van der Waals surface area contributed by atoms with E-state index in [9.17, 15) is 0 Å². The smallest absolute Gasteiger partial charge is 0.192 e. The molecule has 0 saturated carbocycles. The lowest BCUT2D eigenvalue weighted by Crippen LogP contribution is -2.37. The van der Waals surface area contributed by atoms with Crippen molar-refractivity contribution in [2.45, 2.75) is 33.2 Å². The number of hydrogen-bond acceptors (Lipinski definition) is 3. The highest BCUT2D eigenvalue weighted by Gasteiger charge is 2.07.